The van der Waals surface area contributed by atoms with E-state index in [2.05, 4.69) is 50.5 Å². The van der Waals surface area contributed by atoms with Gasteiger partial charge in [-0.2, -0.15) is 0 Å². The molecule has 0 aromatic heterocycles. The van der Waals surface area contributed by atoms with E-state index in [1.807, 2.05) is 0 Å². The Labute approximate surface area is 143 Å². The van der Waals surface area contributed by atoms with Gasteiger partial charge in [0, 0.05) is 17.9 Å². The minimum absolute atomic E-state index is 0.0925. The predicted octanol–water partition coefficient (Wildman–Crippen LogP) is 4.09. The van der Waals surface area contributed by atoms with E-state index in [4.69, 9.17) is 14.2 Å². The topological polar surface area (TPSA) is 27.7 Å². The molecular weight excluding hydrogens is 344 g/mol. The third-order valence-corrected chi connectivity index (χ3v) is 7.46. The van der Waals surface area contributed by atoms with Crippen LogP contribution in [0.2, 0.25) is 0 Å². The highest BCUT2D eigenvalue weighted by molar-refractivity contribution is 9.09. The fourth-order valence-electron chi connectivity index (χ4n) is 5.11. The summed E-state index contributed by atoms with van der Waals surface area (Å²) in [6.45, 7) is 11.3. The van der Waals surface area contributed by atoms with Gasteiger partial charge in [0.25, 0.3) is 0 Å². The quantitative estimate of drug-likeness (QED) is 0.696. The lowest BCUT2D eigenvalue weighted by Gasteiger charge is -2.48. The summed E-state index contributed by atoms with van der Waals surface area (Å²) in [5.41, 5.74) is 0. The fourth-order valence-corrected chi connectivity index (χ4v) is 6.32. The number of fused-ring (bicyclic) bond motifs is 1. The Bertz CT molecular complexity index is 400. The van der Waals surface area contributed by atoms with Crippen LogP contribution >= 0.6 is 15.9 Å². The average Bonchev–Trinajstić information content (AvgIpc) is 2.91. The number of alkyl halides is 1. The summed E-state index contributed by atoms with van der Waals surface area (Å²) in [7, 11) is 1.80. The molecule has 0 unspecified atom stereocenters. The Morgan fingerprint density at radius 1 is 1.00 bits per heavy atom. The van der Waals surface area contributed by atoms with E-state index in [-0.39, 0.29) is 18.5 Å². The summed E-state index contributed by atoms with van der Waals surface area (Å²) >= 11 is 3.95. The molecule has 1 aliphatic heterocycles. The van der Waals surface area contributed by atoms with Gasteiger partial charge in [0.2, 0.25) is 0 Å². The van der Waals surface area contributed by atoms with Crippen molar-refractivity contribution in [3.05, 3.63) is 0 Å². The van der Waals surface area contributed by atoms with Crippen molar-refractivity contribution in [2.45, 2.75) is 70.5 Å². The largest absolute Gasteiger partial charge is 0.371 e. The van der Waals surface area contributed by atoms with Gasteiger partial charge in [-0.15, -0.1) is 0 Å². The number of methoxy groups -OCH3 is 1. The second-order valence-corrected chi connectivity index (χ2v) is 9.26. The molecule has 128 valence electrons. The Kier molecular flexibility index (Phi) is 4.96. The first kappa shape index (κ1) is 17.2. The Morgan fingerprint density at radius 3 is 2.09 bits per heavy atom. The van der Waals surface area contributed by atoms with Crippen molar-refractivity contribution in [2.24, 2.45) is 35.5 Å². The first-order valence-electron chi connectivity index (χ1n) is 8.84. The van der Waals surface area contributed by atoms with E-state index in [0.29, 0.717) is 46.4 Å². The zero-order valence-electron chi connectivity index (χ0n) is 14.7. The SMILES string of the molecule is CO[C@@H]1O[C@H](C(C)C)[C@H](C(C)C)O[C@H]2[C@H](Br)[C@H]3C[C@H]2[C@H]1[C@H]3C. The van der Waals surface area contributed by atoms with Crippen LogP contribution in [0.15, 0.2) is 0 Å². The van der Waals surface area contributed by atoms with Crippen molar-refractivity contribution in [1.82, 2.24) is 0 Å². The summed E-state index contributed by atoms with van der Waals surface area (Å²) in [6, 6.07) is 0. The van der Waals surface area contributed by atoms with E-state index in [1.54, 1.807) is 7.11 Å². The lowest BCUT2D eigenvalue weighted by atomic mass is 9.77. The van der Waals surface area contributed by atoms with Crippen LogP contribution in [0.3, 0.4) is 0 Å². The van der Waals surface area contributed by atoms with Crippen molar-refractivity contribution >= 4 is 15.9 Å². The highest BCUT2D eigenvalue weighted by Gasteiger charge is 2.61. The van der Waals surface area contributed by atoms with Crippen molar-refractivity contribution in [3.8, 4) is 0 Å². The molecule has 0 N–H and O–H groups in total. The zero-order valence-corrected chi connectivity index (χ0v) is 16.2. The van der Waals surface area contributed by atoms with Crippen molar-refractivity contribution in [1.29, 1.82) is 0 Å². The number of halogens is 1. The molecule has 1 heterocycles. The number of hydrogen-bond donors (Lipinski definition) is 0. The molecule has 0 radical (unpaired) electrons. The summed E-state index contributed by atoms with van der Waals surface area (Å²) in [4.78, 5) is 0.480. The smallest absolute Gasteiger partial charge is 0.161 e. The highest BCUT2D eigenvalue weighted by atomic mass is 79.9. The van der Waals surface area contributed by atoms with Crippen molar-refractivity contribution in [2.75, 3.05) is 7.11 Å². The molecule has 0 aromatic carbocycles. The van der Waals surface area contributed by atoms with Gasteiger partial charge in [-0.3, -0.25) is 0 Å². The van der Waals surface area contributed by atoms with Crippen molar-refractivity contribution in [3.63, 3.8) is 0 Å². The fraction of sp³-hybridized carbons (Fsp3) is 1.00. The summed E-state index contributed by atoms with van der Waals surface area (Å²) in [5, 5.41) is 0. The summed E-state index contributed by atoms with van der Waals surface area (Å²) < 4.78 is 19.0. The minimum atomic E-state index is -0.0925. The van der Waals surface area contributed by atoms with Crippen LogP contribution in [0.1, 0.15) is 41.0 Å². The number of hydrogen-bond acceptors (Lipinski definition) is 3. The molecule has 9 atom stereocenters. The van der Waals surface area contributed by atoms with Crippen LogP contribution in [0.25, 0.3) is 0 Å². The van der Waals surface area contributed by atoms with Gasteiger partial charge >= 0.3 is 0 Å². The molecule has 2 aliphatic carbocycles. The summed E-state index contributed by atoms with van der Waals surface area (Å²) in [5.74, 6) is 3.19. The van der Waals surface area contributed by atoms with Crippen LogP contribution in [-0.2, 0) is 14.2 Å². The Hall–Kier alpha value is 0.360. The molecule has 22 heavy (non-hydrogen) atoms. The van der Waals surface area contributed by atoms with Crippen LogP contribution in [0.5, 0.6) is 0 Å². The molecular formula is C18H31BrO3. The third kappa shape index (κ3) is 2.58. The highest BCUT2D eigenvalue weighted by Crippen LogP contribution is 2.58. The van der Waals surface area contributed by atoms with Gasteiger partial charge in [-0.1, -0.05) is 50.5 Å². The van der Waals surface area contributed by atoms with Gasteiger partial charge in [0.1, 0.15) is 0 Å². The standard InChI is InChI=1S/C18H31BrO3/c1-8(2)15-16(9(3)4)22-18(20-6)13-10(5)11-7-12(13)17(21-15)14(11)19/h8-18H,7H2,1-6H3/t10-,11-,12-,13+,14+,15-,16+,17+,18+/m0/s1. The maximum atomic E-state index is 6.68. The van der Waals surface area contributed by atoms with Crippen LogP contribution in [-0.4, -0.2) is 36.5 Å². The van der Waals surface area contributed by atoms with Crippen LogP contribution < -0.4 is 0 Å². The maximum Gasteiger partial charge on any atom is 0.161 e. The normalized spacial score (nSPS) is 51.4. The molecule has 4 heteroatoms. The van der Waals surface area contributed by atoms with E-state index in [0.717, 1.165) is 0 Å². The van der Waals surface area contributed by atoms with Gasteiger partial charge in [0.15, 0.2) is 6.29 Å². The Balaban J connectivity index is 1.95. The molecule has 0 spiro atoms. The predicted molar refractivity (Wildman–Crippen MR) is 91.0 cm³/mol. The lowest BCUT2D eigenvalue weighted by molar-refractivity contribution is -0.272. The second kappa shape index (κ2) is 6.34. The van der Waals surface area contributed by atoms with E-state index >= 15 is 0 Å². The molecule has 1 saturated heterocycles. The molecule has 2 saturated carbocycles. The molecule has 3 rings (SSSR count). The second-order valence-electron chi connectivity index (χ2n) is 8.20. The van der Waals surface area contributed by atoms with E-state index in [1.165, 1.54) is 6.42 Å². The molecule has 3 aliphatic rings. The molecule has 0 aromatic rings. The molecule has 2 bridgehead atoms. The van der Waals surface area contributed by atoms with E-state index in [9.17, 15) is 0 Å². The van der Waals surface area contributed by atoms with Gasteiger partial charge in [-0.05, 0) is 36.0 Å². The van der Waals surface area contributed by atoms with Gasteiger partial charge in [0.05, 0.1) is 18.3 Å². The number of rotatable bonds is 3. The average molecular weight is 375 g/mol. The minimum Gasteiger partial charge on any atom is -0.371 e. The monoisotopic (exact) mass is 374 g/mol. The van der Waals surface area contributed by atoms with Gasteiger partial charge < -0.3 is 14.2 Å². The van der Waals surface area contributed by atoms with E-state index < -0.39 is 0 Å². The first-order valence-corrected chi connectivity index (χ1v) is 9.76. The molecule has 0 amide bonds. The molecule has 3 fully saturated rings. The van der Waals surface area contributed by atoms with Crippen molar-refractivity contribution < 1.29 is 14.2 Å². The van der Waals surface area contributed by atoms with Crippen LogP contribution in [0, 0.1) is 35.5 Å². The van der Waals surface area contributed by atoms with Crippen LogP contribution in [0.4, 0.5) is 0 Å². The van der Waals surface area contributed by atoms with Gasteiger partial charge in [-0.25, -0.2) is 0 Å². The summed E-state index contributed by atoms with van der Waals surface area (Å²) in [6.07, 6.45) is 1.69. The third-order valence-electron chi connectivity index (χ3n) is 6.26. The number of ether oxygens (including phenoxy) is 3. The lowest BCUT2D eigenvalue weighted by Crippen LogP contribution is -2.55. The maximum absolute atomic E-state index is 6.68. The molecule has 3 nitrogen and oxygen atoms in total. The zero-order chi connectivity index (χ0) is 16.2. The Morgan fingerprint density at radius 2 is 1.59 bits per heavy atom. The first-order chi connectivity index (χ1) is 10.4.